The molecule has 0 aliphatic carbocycles. The van der Waals surface area contributed by atoms with Crippen molar-refractivity contribution < 1.29 is 9.53 Å². The molecule has 1 fully saturated rings. The Labute approximate surface area is 225 Å². The normalized spacial score (nSPS) is 14.4. The van der Waals surface area contributed by atoms with Gasteiger partial charge in [-0.1, -0.05) is 30.7 Å². The van der Waals surface area contributed by atoms with Crippen LogP contribution in [0.3, 0.4) is 0 Å². The van der Waals surface area contributed by atoms with Gasteiger partial charge in [-0.2, -0.15) is 5.10 Å². The summed E-state index contributed by atoms with van der Waals surface area (Å²) >= 11 is 5.95. The molecular formula is C28H29ClN6O3. The molecule has 0 radical (unpaired) electrons. The Morgan fingerprint density at radius 2 is 1.71 bits per heavy atom. The van der Waals surface area contributed by atoms with Crippen LogP contribution in [0.15, 0.2) is 78.0 Å². The van der Waals surface area contributed by atoms with Crippen molar-refractivity contribution in [2.45, 2.75) is 19.4 Å². The number of ether oxygens (including phenoxy) is 1. The summed E-state index contributed by atoms with van der Waals surface area (Å²) in [5, 5.41) is 4.80. The van der Waals surface area contributed by atoms with Gasteiger partial charge in [-0.15, -0.1) is 0 Å². The number of para-hydroxylation sites is 2. The molecule has 0 N–H and O–H groups in total. The number of Topliss-reactive ketones (excluding diaryl/α,β-unsaturated/α-hetero) is 1. The fraction of sp³-hybridized carbons (Fsp3) is 0.286. The van der Waals surface area contributed by atoms with Gasteiger partial charge >= 0.3 is 5.69 Å². The predicted octanol–water partition coefficient (Wildman–Crippen LogP) is 4.25. The van der Waals surface area contributed by atoms with E-state index >= 15 is 0 Å². The van der Waals surface area contributed by atoms with Gasteiger partial charge in [-0.3, -0.25) is 4.79 Å². The summed E-state index contributed by atoms with van der Waals surface area (Å²) in [6, 6.07) is 17.7. The summed E-state index contributed by atoms with van der Waals surface area (Å²) in [5.74, 6) is 1.53. The number of hydrogen-bond donors (Lipinski definition) is 0. The third-order valence-electron chi connectivity index (χ3n) is 6.85. The standard InChI is InChI=1S/C28H29ClN6O3/c1-3-23(27(36)20-8-10-21(29)11-9-20)35-28(37)34(19-31-35)22-12-13-26(30-18-22)33-16-14-32(15-17-33)24-6-4-5-7-25(24)38-2/h4-13,18-19,23H,3,14-17H2,1-2H3. The fourth-order valence-electron chi connectivity index (χ4n) is 4.76. The lowest BCUT2D eigenvalue weighted by molar-refractivity contribution is 0.0911. The van der Waals surface area contributed by atoms with Crippen molar-refractivity contribution in [2.75, 3.05) is 43.1 Å². The zero-order valence-electron chi connectivity index (χ0n) is 21.3. The maximum absolute atomic E-state index is 13.2. The number of carbonyl (C=O) groups excluding carboxylic acids is 1. The molecule has 5 rings (SSSR count). The summed E-state index contributed by atoms with van der Waals surface area (Å²) in [7, 11) is 1.69. The molecule has 3 heterocycles. The van der Waals surface area contributed by atoms with E-state index in [1.165, 1.54) is 15.6 Å². The van der Waals surface area contributed by atoms with Gasteiger partial charge in [0.25, 0.3) is 0 Å². The van der Waals surface area contributed by atoms with Gasteiger partial charge in [0.05, 0.1) is 24.7 Å². The van der Waals surface area contributed by atoms with E-state index in [9.17, 15) is 9.59 Å². The number of carbonyl (C=O) groups is 1. The quantitative estimate of drug-likeness (QED) is 0.314. The molecule has 1 unspecified atom stereocenters. The summed E-state index contributed by atoms with van der Waals surface area (Å²) in [5.41, 5.74) is 1.78. The van der Waals surface area contributed by atoms with Gasteiger partial charge < -0.3 is 14.5 Å². The number of methoxy groups -OCH3 is 1. The molecule has 2 aromatic heterocycles. The number of piperazine rings is 1. The second kappa shape index (κ2) is 11.1. The van der Waals surface area contributed by atoms with Crippen molar-refractivity contribution in [3.05, 3.63) is 94.3 Å². The largest absolute Gasteiger partial charge is 0.495 e. The van der Waals surface area contributed by atoms with Crippen LogP contribution in [-0.4, -0.2) is 58.4 Å². The van der Waals surface area contributed by atoms with Crippen molar-refractivity contribution in [1.29, 1.82) is 0 Å². The number of ketones is 1. The molecule has 4 aromatic rings. The lowest BCUT2D eigenvalue weighted by atomic mass is 10.0. The first-order chi connectivity index (χ1) is 18.5. The first-order valence-corrected chi connectivity index (χ1v) is 12.9. The summed E-state index contributed by atoms with van der Waals surface area (Å²) in [6.45, 7) is 5.17. The van der Waals surface area contributed by atoms with E-state index < -0.39 is 6.04 Å². The summed E-state index contributed by atoms with van der Waals surface area (Å²) in [4.78, 5) is 35.4. The molecule has 1 saturated heterocycles. The van der Waals surface area contributed by atoms with Crippen LogP contribution in [-0.2, 0) is 0 Å². The van der Waals surface area contributed by atoms with Crippen LogP contribution in [0, 0.1) is 0 Å². The van der Waals surface area contributed by atoms with Crippen LogP contribution >= 0.6 is 11.6 Å². The monoisotopic (exact) mass is 532 g/mol. The maximum atomic E-state index is 13.2. The number of pyridine rings is 1. The molecule has 0 spiro atoms. The SMILES string of the molecule is CCC(C(=O)c1ccc(Cl)cc1)n1ncn(-c2ccc(N3CCN(c4ccccc4OC)CC3)nc2)c1=O. The van der Waals surface area contributed by atoms with Crippen LogP contribution in [0.1, 0.15) is 29.7 Å². The minimum absolute atomic E-state index is 0.183. The van der Waals surface area contributed by atoms with Crippen LogP contribution in [0.4, 0.5) is 11.5 Å². The van der Waals surface area contributed by atoms with Crippen LogP contribution in [0.25, 0.3) is 5.69 Å². The summed E-state index contributed by atoms with van der Waals surface area (Å²) in [6.07, 6.45) is 3.52. The Hall–Kier alpha value is -4.11. The number of halogens is 1. The third kappa shape index (κ3) is 5.02. The molecule has 1 atom stereocenters. The number of benzene rings is 2. The molecule has 1 aliphatic rings. The molecule has 38 heavy (non-hydrogen) atoms. The van der Waals surface area contributed by atoms with Gasteiger partial charge in [0, 0.05) is 36.8 Å². The molecule has 0 bridgehead atoms. The zero-order valence-corrected chi connectivity index (χ0v) is 22.1. The van der Waals surface area contributed by atoms with Crippen molar-refractivity contribution in [3.63, 3.8) is 0 Å². The van der Waals surface area contributed by atoms with Crippen molar-refractivity contribution in [1.82, 2.24) is 19.3 Å². The van der Waals surface area contributed by atoms with E-state index in [-0.39, 0.29) is 11.5 Å². The van der Waals surface area contributed by atoms with E-state index in [0.29, 0.717) is 22.7 Å². The molecule has 1 aliphatic heterocycles. The number of hydrogen-bond acceptors (Lipinski definition) is 7. The van der Waals surface area contributed by atoms with E-state index in [1.807, 2.05) is 37.3 Å². The van der Waals surface area contributed by atoms with Crippen molar-refractivity contribution >= 4 is 28.9 Å². The highest BCUT2D eigenvalue weighted by Gasteiger charge is 2.25. The molecule has 2 aromatic carbocycles. The lowest BCUT2D eigenvalue weighted by Gasteiger charge is -2.37. The Morgan fingerprint density at radius 3 is 2.37 bits per heavy atom. The highest BCUT2D eigenvalue weighted by atomic mass is 35.5. The predicted molar refractivity (Wildman–Crippen MR) is 148 cm³/mol. The molecule has 0 saturated carbocycles. The summed E-state index contributed by atoms with van der Waals surface area (Å²) < 4.78 is 8.16. The van der Waals surface area contributed by atoms with Gasteiger partial charge in [-0.05, 0) is 55.0 Å². The first kappa shape index (κ1) is 25.5. The average Bonchev–Trinajstić information content (AvgIpc) is 3.34. The first-order valence-electron chi connectivity index (χ1n) is 12.6. The van der Waals surface area contributed by atoms with E-state index in [2.05, 4.69) is 25.9 Å². The third-order valence-corrected chi connectivity index (χ3v) is 7.10. The topological polar surface area (TPSA) is 85.5 Å². The number of nitrogens with zero attached hydrogens (tertiary/aromatic N) is 6. The lowest BCUT2D eigenvalue weighted by Crippen LogP contribution is -2.46. The Balaban J connectivity index is 1.29. The van der Waals surface area contributed by atoms with E-state index in [4.69, 9.17) is 16.3 Å². The Morgan fingerprint density at radius 1 is 1.00 bits per heavy atom. The van der Waals surface area contributed by atoms with Crippen molar-refractivity contribution in [2.24, 2.45) is 0 Å². The number of aromatic nitrogens is 4. The highest BCUT2D eigenvalue weighted by molar-refractivity contribution is 6.30. The van der Waals surface area contributed by atoms with Gasteiger partial charge in [0.15, 0.2) is 5.78 Å². The molecule has 10 heteroatoms. The number of rotatable bonds is 8. The molecule has 196 valence electrons. The van der Waals surface area contributed by atoms with Crippen LogP contribution < -0.4 is 20.2 Å². The Bertz CT molecular complexity index is 1460. The van der Waals surface area contributed by atoms with Gasteiger partial charge in [-0.25, -0.2) is 19.0 Å². The molecule has 9 nitrogen and oxygen atoms in total. The fourth-order valence-corrected chi connectivity index (χ4v) is 4.88. The zero-order chi connectivity index (χ0) is 26.6. The number of anilines is 2. The average molecular weight is 533 g/mol. The van der Waals surface area contributed by atoms with Gasteiger partial charge in [0.2, 0.25) is 0 Å². The second-order valence-electron chi connectivity index (χ2n) is 9.04. The van der Waals surface area contributed by atoms with Gasteiger partial charge in [0.1, 0.15) is 23.9 Å². The molecule has 0 amide bonds. The van der Waals surface area contributed by atoms with E-state index in [0.717, 1.165) is 43.4 Å². The minimum Gasteiger partial charge on any atom is -0.495 e. The highest BCUT2D eigenvalue weighted by Crippen LogP contribution is 2.29. The maximum Gasteiger partial charge on any atom is 0.351 e. The minimum atomic E-state index is -0.711. The van der Waals surface area contributed by atoms with Crippen molar-refractivity contribution in [3.8, 4) is 11.4 Å². The van der Waals surface area contributed by atoms with Crippen LogP contribution in [0.5, 0.6) is 5.75 Å². The Kier molecular flexibility index (Phi) is 7.46. The van der Waals surface area contributed by atoms with E-state index in [1.54, 1.807) is 37.6 Å². The van der Waals surface area contributed by atoms with Crippen LogP contribution in [0.2, 0.25) is 5.02 Å². The smallest absolute Gasteiger partial charge is 0.351 e. The molecular weight excluding hydrogens is 504 g/mol. The second-order valence-corrected chi connectivity index (χ2v) is 9.48.